The molecule has 0 aromatic heterocycles. The first-order valence-corrected chi connectivity index (χ1v) is 7.29. The second-order valence-electron chi connectivity index (χ2n) is 5.06. The lowest BCUT2D eigenvalue weighted by atomic mass is 9.95. The van der Waals surface area contributed by atoms with Crippen molar-refractivity contribution in [1.82, 2.24) is 4.90 Å². The standard InChI is InChI=1S/C15H22N2OS/c1-17(13-6-4-3-5-7-13)15(19)16-12-8-10-14(18-2)11-9-12/h8-11,13H,3-7H2,1-2H3,(H,16,19). The molecular formula is C15H22N2OS. The number of benzene rings is 1. The lowest BCUT2D eigenvalue weighted by Gasteiger charge is -2.33. The van der Waals surface area contributed by atoms with E-state index >= 15 is 0 Å². The number of rotatable bonds is 3. The zero-order valence-corrected chi connectivity index (χ0v) is 12.5. The van der Waals surface area contributed by atoms with Crippen LogP contribution in [0.15, 0.2) is 24.3 Å². The highest BCUT2D eigenvalue weighted by Crippen LogP contribution is 2.22. The van der Waals surface area contributed by atoms with Crippen molar-refractivity contribution in [2.75, 3.05) is 19.5 Å². The van der Waals surface area contributed by atoms with Crippen LogP contribution in [0.2, 0.25) is 0 Å². The maximum Gasteiger partial charge on any atom is 0.173 e. The van der Waals surface area contributed by atoms with E-state index in [4.69, 9.17) is 17.0 Å². The maximum atomic E-state index is 5.48. The molecule has 1 aliphatic carbocycles. The van der Waals surface area contributed by atoms with Crippen molar-refractivity contribution in [3.8, 4) is 5.75 Å². The number of anilines is 1. The fourth-order valence-electron chi connectivity index (χ4n) is 2.52. The molecule has 2 rings (SSSR count). The second-order valence-corrected chi connectivity index (χ2v) is 5.45. The lowest BCUT2D eigenvalue weighted by Crippen LogP contribution is -2.40. The highest BCUT2D eigenvalue weighted by atomic mass is 32.1. The molecular weight excluding hydrogens is 256 g/mol. The van der Waals surface area contributed by atoms with Gasteiger partial charge in [0.1, 0.15) is 5.75 Å². The zero-order valence-electron chi connectivity index (χ0n) is 11.7. The van der Waals surface area contributed by atoms with E-state index < -0.39 is 0 Å². The third-order valence-electron chi connectivity index (χ3n) is 3.78. The quantitative estimate of drug-likeness (QED) is 0.853. The summed E-state index contributed by atoms with van der Waals surface area (Å²) in [6, 6.07) is 8.43. The molecule has 104 valence electrons. The van der Waals surface area contributed by atoms with E-state index in [1.165, 1.54) is 32.1 Å². The first-order chi connectivity index (χ1) is 9.20. The van der Waals surface area contributed by atoms with Gasteiger partial charge in [0.2, 0.25) is 0 Å². The smallest absolute Gasteiger partial charge is 0.173 e. The lowest BCUT2D eigenvalue weighted by molar-refractivity contribution is 0.281. The van der Waals surface area contributed by atoms with Crippen LogP contribution >= 0.6 is 12.2 Å². The summed E-state index contributed by atoms with van der Waals surface area (Å²) in [7, 11) is 3.76. The van der Waals surface area contributed by atoms with E-state index in [-0.39, 0.29) is 0 Å². The molecule has 19 heavy (non-hydrogen) atoms. The van der Waals surface area contributed by atoms with Gasteiger partial charge in [-0.25, -0.2) is 0 Å². The van der Waals surface area contributed by atoms with E-state index in [0.29, 0.717) is 6.04 Å². The highest BCUT2D eigenvalue weighted by molar-refractivity contribution is 7.80. The summed E-state index contributed by atoms with van der Waals surface area (Å²) in [4.78, 5) is 2.21. The SMILES string of the molecule is COc1ccc(NC(=S)N(C)C2CCCCC2)cc1. The molecule has 1 N–H and O–H groups in total. The largest absolute Gasteiger partial charge is 0.497 e. The van der Waals surface area contributed by atoms with Crippen LogP contribution in [0.3, 0.4) is 0 Å². The van der Waals surface area contributed by atoms with E-state index in [9.17, 15) is 0 Å². The molecule has 0 saturated heterocycles. The molecule has 3 nitrogen and oxygen atoms in total. The van der Waals surface area contributed by atoms with Crippen molar-refractivity contribution in [1.29, 1.82) is 0 Å². The predicted octanol–water partition coefficient (Wildman–Crippen LogP) is 3.66. The Kier molecular flexibility index (Phi) is 5.02. The molecule has 0 unspecified atom stereocenters. The third kappa shape index (κ3) is 3.83. The Balaban J connectivity index is 1.91. The minimum absolute atomic E-state index is 0.590. The van der Waals surface area contributed by atoms with Gasteiger partial charge in [-0.2, -0.15) is 0 Å². The topological polar surface area (TPSA) is 24.5 Å². The van der Waals surface area contributed by atoms with Crippen molar-refractivity contribution in [3.05, 3.63) is 24.3 Å². The molecule has 1 aliphatic rings. The summed E-state index contributed by atoms with van der Waals surface area (Å²) >= 11 is 5.48. The number of hydrogen-bond donors (Lipinski definition) is 1. The van der Waals surface area contributed by atoms with Crippen molar-refractivity contribution >= 4 is 23.0 Å². The van der Waals surface area contributed by atoms with Crippen LogP contribution in [0.4, 0.5) is 5.69 Å². The minimum Gasteiger partial charge on any atom is -0.497 e. The van der Waals surface area contributed by atoms with Gasteiger partial charge in [0.05, 0.1) is 7.11 Å². The van der Waals surface area contributed by atoms with Gasteiger partial charge in [0, 0.05) is 18.8 Å². The van der Waals surface area contributed by atoms with Crippen LogP contribution in [0.1, 0.15) is 32.1 Å². The Labute approximate surface area is 120 Å². The molecule has 0 radical (unpaired) electrons. The van der Waals surface area contributed by atoms with E-state index in [0.717, 1.165) is 16.5 Å². The van der Waals surface area contributed by atoms with Crippen molar-refractivity contribution in [2.45, 2.75) is 38.1 Å². The van der Waals surface area contributed by atoms with Crippen molar-refractivity contribution < 1.29 is 4.74 Å². The van der Waals surface area contributed by atoms with Crippen LogP contribution in [0, 0.1) is 0 Å². The Morgan fingerprint density at radius 3 is 2.42 bits per heavy atom. The minimum atomic E-state index is 0.590. The highest BCUT2D eigenvalue weighted by Gasteiger charge is 2.19. The summed E-state index contributed by atoms with van der Waals surface area (Å²) in [6.07, 6.45) is 6.51. The van der Waals surface area contributed by atoms with E-state index in [2.05, 4.69) is 17.3 Å². The molecule has 0 spiro atoms. The number of thiocarbonyl (C=S) groups is 1. The fraction of sp³-hybridized carbons (Fsp3) is 0.533. The monoisotopic (exact) mass is 278 g/mol. The normalized spacial score (nSPS) is 15.9. The number of nitrogens with zero attached hydrogens (tertiary/aromatic N) is 1. The summed E-state index contributed by atoms with van der Waals surface area (Å²) in [5.74, 6) is 0.858. The van der Waals surface area contributed by atoms with Gasteiger partial charge in [0.25, 0.3) is 0 Å². The molecule has 0 heterocycles. The van der Waals surface area contributed by atoms with Crippen molar-refractivity contribution in [3.63, 3.8) is 0 Å². The average molecular weight is 278 g/mol. The number of hydrogen-bond acceptors (Lipinski definition) is 2. The van der Waals surface area contributed by atoms with E-state index in [1.807, 2.05) is 24.3 Å². The third-order valence-corrected chi connectivity index (χ3v) is 4.17. The first-order valence-electron chi connectivity index (χ1n) is 6.88. The van der Waals surface area contributed by atoms with Crippen LogP contribution in [-0.4, -0.2) is 30.2 Å². The number of nitrogens with one attached hydrogen (secondary N) is 1. The molecule has 0 bridgehead atoms. The molecule has 1 aromatic carbocycles. The molecule has 1 fully saturated rings. The molecule has 1 aromatic rings. The van der Waals surface area contributed by atoms with Gasteiger partial charge >= 0.3 is 0 Å². The van der Waals surface area contributed by atoms with Crippen LogP contribution in [0.5, 0.6) is 5.75 Å². The number of methoxy groups -OCH3 is 1. The zero-order chi connectivity index (χ0) is 13.7. The predicted molar refractivity (Wildman–Crippen MR) is 83.9 cm³/mol. The van der Waals surface area contributed by atoms with Crippen LogP contribution < -0.4 is 10.1 Å². The summed E-state index contributed by atoms with van der Waals surface area (Å²) < 4.78 is 5.15. The summed E-state index contributed by atoms with van der Waals surface area (Å²) in [5.41, 5.74) is 1.01. The van der Waals surface area contributed by atoms with Gasteiger partial charge in [-0.1, -0.05) is 19.3 Å². The number of ether oxygens (including phenoxy) is 1. The molecule has 0 amide bonds. The second kappa shape index (κ2) is 6.75. The Morgan fingerprint density at radius 2 is 1.84 bits per heavy atom. The maximum absolute atomic E-state index is 5.48. The van der Waals surface area contributed by atoms with Gasteiger partial charge in [-0.15, -0.1) is 0 Å². The summed E-state index contributed by atoms with van der Waals surface area (Å²) in [5, 5.41) is 4.09. The molecule has 4 heteroatoms. The fourth-order valence-corrected chi connectivity index (χ4v) is 2.79. The van der Waals surface area contributed by atoms with Gasteiger partial charge in [-0.05, 0) is 49.3 Å². The van der Waals surface area contributed by atoms with E-state index in [1.54, 1.807) is 7.11 Å². The molecule has 1 saturated carbocycles. The van der Waals surface area contributed by atoms with Gasteiger partial charge < -0.3 is 15.0 Å². The average Bonchev–Trinajstić information content (AvgIpc) is 2.48. The Hall–Kier alpha value is -1.29. The Bertz CT molecular complexity index is 413. The summed E-state index contributed by atoms with van der Waals surface area (Å²) in [6.45, 7) is 0. The van der Waals surface area contributed by atoms with Gasteiger partial charge in [0.15, 0.2) is 5.11 Å². The molecule has 0 aliphatic heterocycles. The molecule has 0 atom stereocenters. The van der Waals surface area contributed by atoms with Crippen molar-refractivity contribution in [2.24, 2.45) is 0 Å². The van der Waals surface area contributed by atoms with Gasteiger partial charge in [-0.3, -0.25) is 0 Å². The van der Waals surface area contributed by atoms with Crippen LogP contribution in [-0.2, 0) is 0 Å². The Morgan fingerprint density at radius 1 is 1.21 bits per heavy atom. The first kappa shape index (κ1) is 14.1. The van der Waals surface area contributed by atoms with Crippen LogP contribution in [0.25, 0.3) is 0 Å².